The fraction of sp³-hybridized carbons (Fsp3) is 0.0435. The van der Waals surface area contributed by atoms with E-state index in [9.17, 15) is 0 Å². The number of benzene rings is 4. The molecule has 1 aliphatic rings. The molecule has 0 fully saturated rings. The molecule has 0 radical (unpaired) electrons. The Labute approximate surface area is 141 Å². The summed E-state index contributed by atoms with van der Waals surface area (Å²) in [5.74, 6) is 0. The van der Waals surface area contributed by atoms with Crippen LogP contribution in [0.15, 0.2) is 85.1 Å². The minimum Gasteiger partial charge on any atom is -0.343 e. The molecule has 4 aromatic carbocycles. The number of rotatable bonds is 1. The Morgan fingerprint density at radius 1 is 0.667 bits per heavy atom. The van der Waals surface area contributed by atoms with Gasteiger partial charge in [0, 0.05) is 23.5 Å². The highest BCUT2D eigenvalue weighted by atomic mass is 15.1. The van der Waals surface area contributed by atoms with Gasteiger partial charge in [0.15, 0.2) is 0 Å². The summed E-state index contributed by atoms with van der Waals surface area (Å²) in [5, 5.41) is 5.19. The van der Waals surface area contributed by atoms with E-state index >= 15 is 0 Å². The van der Waals surface area contributed by atoms with E-state index in [2.05, 4.69) is 96.0 Å². The molecular weight excluding hydrogens is 290 g/mol. The standard InChI is InChI=1S/C23H17N/c1-2-10-20-16-24(14-13-17(20)7-1)23-21-11-5-3-8-18(21)15-19-9-4-6-12-22(19)23/h1-15H,16H2. The molecule has 0 aromatic heterocycles. The zero-order valence-electron chi connectivity index (χ0n) is 13.3. The molecule has 0 unspecified atom stereocenters. The van der Waals surface area contributed by atoms with Gasteiger partial charge in [-0.3, -0.25) is 0 Å². The molecule has 4 aromatic rings. The summed E-state index contributed by atoms with van der Waals surface area (Å²) in [6.45, 7) is 0.907. The van der Waals surface area contributed by atoms with Gasteiger partial charge in [0.2, 0.25) is 0 Å². The SMILES string of the molecule is C1=CN(c2c3ccccc3cc3ccccc23)Cc2ccccc21. The van der Waals surface area contributed by atoms with Crippen molar-refractivity contribution in [2.75, 3.05) is 4.90 Å². The maximum Gasteiger partial charge on any atom is 0.0568 e. The third-order valence-electron chi connectivity index (χ3n) is 4.86. The summed E-state index contributed by atoms with van der Waals surface area (Å²) in [6, 6.07) is 28.3. The van der Waals surface area contributed by atoms with Crippen LogP contribution in [0, 0.1) is 0 Å². The largest absolute Gasteiger partial charge is 0.343 e. The van der Waals surface area contributed by atoms with Gasteiger partial charge >= 0.3 is 0 Å². The normalized spacial score (nSPS) is 13.4. The highest BCUT2D eigenvalue weighted by Gasteiger charge is 2.16. The van der Waals surface area contributed by atoms with Crippen LogP contribution >= 0.6 is 0 Å². The van der Waals surface area contributed by atoms with Gasteiger partial charge in [-0.05, 0) is 34.0 Å². The average Bonchev–Trinajstić information content (AvgIpc) is 2.65. The molecule has 0 amide bonds. The van der Waals surface area contributed by atoms with Gasteiger partial charge in [0.1, 0.15) is 0 Å². The van der Waals surface area contributed by atoms with E-state index in [0.717, 1.165) is 6.54 Å². The summed E-state index contributed by atoms with van der Waals surface area (Å²) in [7, 11) is 0. The molecule has 24 heavy (non-hydrogen) atoms. The lowest BCUT2D eigenvalue weighted by Crippen LogP contribution is -2.19. The summed E-state index contributed by atoms with van der Waals surface area (Å²) in [5.41, 5.74) is 3.99. The van der Waals surface area contributed by atoms with E-state index < -0.39 is 0 Å². The van der Waals surface area contributed by atoms with Crippen molar-refractivity contribution in [2.24, 2.45) is 0 Å². The van der Waals surface area contributed by atoms with Crippen LogP contribution in [0.25, 0.3) is 27.6 Å². The van der Waals surface area contributed by atoms with Crippen LogP contribution in [0.4, 0.5) is 5.69 Å². The van der Waals surface area contributed by atoms with Crippen LogP contribution in [0.3, 0.4) is 0 Å². The van der Waals surface area contributed by atoms with Gasteiger partial charge in [-0.2, -0.15) is 0 Å². The van der Waals surface area contributed by atoms with Crippen molar-refractivity contribution in [2.45, 2.75) is 6.54 Å². The first-order valence-electron chi connectivity index (χ1n) is 8.33. The predicted octanol–water partition coefficient (Wildman–Crippen LogP) is 5.98. The van der Waals surface area contributed by atoms with Gasteiger partial charge in [-0.15, -0.1) is 0 Å². The van der Waals surface area contributed by atoms with Crippen LogP contribution < -0.4 is 4.90 Å². The molecule has 0 saturated carbocycles. The van der Waals surface area contributed by atoms with E-state index in [1.807, 2.05) is 0 Å². The summed E-state index contributed by atoms with van der Waals surface area (Å²) >= 11 is 0. The van der Waals surface area contributed by atoms with Crippen LogP contribution in [-0.4, -0.2) is 0 Å². The quantitative estimate of drug-likeness (QED) is 0.391. The molecular formula is C23H17N. The van der Waals surface area contributed by atoms with Crippen molar-refractivity contribution < 1.29 is 0 Å². The van der Waals surface area contributed by atoms with Crippen molar-refractivity contribution >= 4 is 33.3 Å². The molecule has 0 N–H and O–H groups in total. The topological polar surface area (TPSA) is 3.24 Å². The summed E-state index contributed by atoms with van der Waals surface area (Å²) < 4.78 is 0. The zero-order valence-corrected chi connectivity index (χ0v) is 13.3. The zero-order chi connectivity index (χ0) is 15.9. The van der Waals surface area contributed by atoms with Gasteiger partial charge < -0.3 is 4.90 Å². The number of anilines is 1. The molecule has 0 bridgehead atoms. The van der Waals surface area contributed by atoms with E-state index in [-0.39, 0.29) is 0 Å². The average molecular weight is 307 g/mol. The van der Waals surface area contributed by atoms with Crippen LogP contribution in [-0.2, 0) is 6.54 Å². The van der Waals surface area contributed by atoms with E-state index in [4.69, 9.17) is 0 Å². The van der Waals surface area contributed by atoms with Gasteiger partial charge in [0.25, 0.3) is 0 Å². The molecule has 1 nitrogen and oxygen atoms in total. The Morgan fingerprint density at radius 2 is 1.29 bits per heavy atom. The second kappa shape index (κ2) is 5.24. The lowest BCUT2D eigenvalue weighted by molar-refractivity contribution is 0.963. The monoisotopic (exact) mass is 307 g/mol. The van der Waals surface area contributed by atoms with Crippen LogP contribution in [0.2, 0.25) is 0 Å². The number of nitrogens with zero attached hydrogens (tertiary/aromatic N) is 1. The maximum absolute atomic E-state index is 2.38. The smallest absolute Gasteiger partial charge is 0.0568 e. The Hall–Kier alpha value is -3.06. The van der Waals surface area contributed by atoms with Gasteiger partial charge in [-0.1, -0.05) is 72.8 Å². The Bertz CT molecular complexity index is 1040. The van der Waals surface area contributed by atoms with E-state index in [1.54, 1.807) is 0 Å². The Balaban J connectivity index is 1.79. The van der Waals surface area contributed by atoms with E-state index in [1.165, 1.54) is 38.4 Å². The highest BCUT2D eigenvalue weighted by Crippen LogP contribution is 2.38. The Kier molecular flexibility index (Phi) is 2.92. The second-order valence-electron chi connectivity index (χ2n) is 6.31. The number of hydrogen-bond acceptors (Lipinski definition) is 1. The minimum absolute atomic E-state index is 0.907. The van der Waals surface area contributed by atoms with Crippen molar-refractivity contribution in [3.63, 3.8) is 0 Å². The lowest BCUT2D eigenvalue weighted by atomic mass is 9.98. The predicted molar refractivity (Wildman–Crippen MR) is 103 cm³/mol. The molecule has 5 rings (SSSR count). The summed E-state index contributed by atoms with van der Waals surface area (Å²) in [4.78, 5) is 2.38. The molecule has 0 atom stereocenters. The van der Waals surface area contributed by atoms with Gasteiger partial charge in [0.05, 0.1) is 5.69 Å². The van der Waals surface area contributed by atoms with E-state index in [0.29, 0.717) is 0 Å². The van der Waals surface area contributed by atoms with Crippen molar-refractivity contribution in [1.82, 2.24) is 0 Å². The van der Waals surface area contributed by atoms with Crippen molar-refractivity contribution in [3.8, 4) is 0 Å². The number of fused-ring (bicyclic) bond motifs is 3. The molecule has 0 aliphatic carbocycles. The molecule has 1 heteroatoms. The molecule has 0 spiro atoms. The Morgan fingerprint density at radius 3 is 2.04 bits per heavy atom. The third-order valence-corrected chi connectivity index (χ3v) is 4.86. The first-order valence-corrected chi connectivity index (χ1v) is 8.33. The fourth-order valence-corrected chi connectivity index (χ4v) is 3.70. The molecule has 0 saturated heterocycles. The molecule has 1 heterocycles. The van der Waals surface area contributed by atoms with Crippen LogP contribution in [0.5, 0.6) is 0 Å². The lowest BCUT2D eigenvalue weighted by Gasteiger charge is -2.28. The van der Waals surface area contributed by atoms with Crippen LogP contribution in [0.1, 0.15) is 11.1 Å². The first kappa shape index (κ1) is 13.4. The first-order chi connectivity index (χ1) is 11.9. The maximum atomic E-state index is 2.38. The highest BCUT2D eigenvalue weighted by molar-refractivity contribution is 6.11. The number of hydrogen-bond donors (Lipinski definition) is 0. The van der Waals surface area contributed by atoms with Crippen molar-refractivity contribution in [3.05, 3.63) is 96.2 Å². The third kappa shape index (κ3) is 2.02. The molecule has 114 valence electrons. The second-order valence-corrected chi connectivity index (χ2v) is 6.31. The molecule has 1 aliphatic heterocycles. The fourth-order valence-electron chi connectivity index (χ4n) is 3.70. The van der Waals surface area contributed by atoms with Crippen molar-refractivity contribution in [1.29, 1.82) is 0 Å². The summed E-state index contributed by atoms with van der Waals surface area (Å²) in [6.07, 6.45) is 4.44. The minimum atomic E-state index is 0.907. The van der Waals surface area contributed by atoms with Gasteiger partial charge in [-0.25, -0.2) is 0 Å².